The van der Waals surface area contributed by atoms with Gasteiger partial charge in [-0.2, -0.15) is 5.10 Å². The average molecular weight is 423 g/mol. The molecule has 0 amide bonds. The Morgan fingerprint density at radius 1 is 1.36 bits per heavy atom. The van der Waals surface area contributed by atoms with Crippen molar-refractivity contribution in [1.82, 2.24) is 20.4 Å². The van der Waals surface area contributed by atoms with Crippen molar-refractivity contribution in [2.45, 2.75) is 33.7 Å². The first kappa shape index (κ1) is 21.2. The second kappa shape index (κ2) is 12.7. The highest BCUT2D eigenvalue weighted by Crippen LogP contribution is 1.99. The summed E-state index contributed by atoms with van der Waals surface area (Å²) >= 11 is 0. The van der Waals surface area contributed by atoms with Gasteiger partial charge >= 0.3 is 0 Å². The summed E-state index contributed by atoms with van der Waals surface area (Å²) in [4.78, 5) is 4.53. The van der Waals surface area contributed by atoms with E-state index in [1.54, 1.807) is 4.68 Å². The Morgan fingerprint density at radius 2 is 2.14 bits per heavy atom. The van der Waals surface area contributed by atoms with Gasteiger partial charge in [0.1, 0.15) is 0 Å². The highest BCUT2D eigenvalue weighted by Gasteiger charge is 1.99. The minimum absolute atomic E-state index is 0. The van der Waals surface area contributed by atoms with Crippen LogP contribution in [0.5, 0.6) is 0 Å². The van der Waals surface area contributed by atoms with Gasteiger partial charge in [-0.25, -0.2) is 4.99 Å². The number of aliphatic imine (C=N–C) groups is 1. The molecule has 0 atom stereocenters. The molecule has 0 aliphatic heterocycles. The molecule has 0 bridgehead atoms. The highest BCUT2D eigenvalue weighted by molar-refractivity contribution is 14.0. The molecule has 2 N–H and O–H groups in total. The van der Waals surface area contributed by atoms with Crippen molar-refractivity contribution >= 4 is 29.9 Å². The van der Waals surface area contributed by atoms with E-state index >= 15 is 0 Å². The van der Waals surface area contributed by atoms with Crippen LogP contribution in [0.25, 0.3) is 0 Å². The van der Waals surface area contributed by atoms with Crippen LogP contribution < -0.4 is 10.6 Å². The van der Waals surface area contributed by atoms with Crippen molar-refractivity contribution in [3.63, 3.8) is 0 Å². The van der Waals surface area contributed by atoms with Gasteiger partial charge < -0.3 is 15.4 Å². The van der Waals surface area contributed by atoms with Crippen LogP contribution in [0, 0.1) is 5.92 Å². The Morgan fingerprint density at radius 3 is 2.73 bits per heavy atom. The van der Waals surface area contributed by atoms with E-state index in [0.717, 1.165) is 37.6 Å². The molecule has 0 radical (unpaired) electrons. The number of guanidine groups is 1. The van der Waals surface area contributed by atoms with Crippen LogP contribution in [0.2, 0.25) is 0 Å². The van der Waals surface area contributed by atoms with Crippen LogP contribution in [0.4, 0.5) is 0 Å². The Hall–Kier alpha value is -0.830. The Kier molecular flexibility index (Phi) is 12.2. The average Bonchev–Trinajstić information content (AvgIpc) is 2.85. The largest absolute Gasteiger partial charge is 0.380 e. The molecule has 0 spiro atoms. The van der Waals surface area contributed by atoms with Gasteiger partial charge in [-0.05, 0) is 19.3 Å². The number of aryl methyl sites for hydroxylation is 1. The van der Waals surface area contributed by atoms with Gasteiger partial charge in [0.05, 0.1) is 19.3 Å². The maximum atomic E-state index is 5.58. The van der Waals surface area contributed by atoms with Crippen LogP contribution in [-0.4, -0.2) is 42.0 Å². The van der Waals surface area contributed by atoms with Gasteiger partial charge in [0.15, 0.2) is 5.96 Å². The number of ether oxygens (including phenoxy) is 1. The zero-order valence-corrected chi connectivity index (χ0v) is 16.5. The predicted octanol–water partition coefficient (Wildman–Crippen LogP) is 2.16. The monoisotopic (exact) mass is 423 g/mol. The zero-order valence-electron chi connectivity index (χ0n) is 14.1. The molecule has 0 aliphatic rings. The van der Waals surface area contributed by atoms with E-state index in [9.17, 15) is 0 Å². The van der Waals surface area contributed by atoms with E-state index in [0.29, 0.717) is 19.1 Å². The maximum Gasteiger partial charge on any atom is 0.191 e. The van der Waals surface area contributed by atoms with Gasteiger partial charge in [0.25, 0.3) is 0 Å². The third-order valence-electron chi connectivity index (χ3n) is 2.90. The summed E-state index contributed by atoms with van der Waals surface area (Å²) in [5.41, 5.74) is 1.10. The first-order valence-corrected chi connectivity index (χ1v) is 7.69. The summed E-state index contributed by atoms with van der Waals surface area (Å²) in [6.45, 7) is 10.2. The normalized spacial score (nSPS) is 11.4. The van der Waals surface area contributed by atoms with Crippen LogP contribution >= 0.6 is 24.0 Å². The molecule has 7 heteroatoms. The van der Waals surface area contributed by atoms with E-state index in [1.807, 2.05) is 19.4 Å². The van der Waals surface area contributed by atoms with Crippen molar-refractivity contribution in [3.05, 3.63) is 18.0 Å². The van der Waals surface area contributed by atoms with Crippen LogP contribution in [-0.2, 0) is 18.3 Å². The van der Waals surface area contributed by atoms with Crippen molar-refractivity contribution in [2.75, 3.05) is 26.3 Å². The Labute approximate surface area is 151 Å². The lowest BCUT2D eigenvalue weighted by molar-refractivity contribution is 0.128. The first-order chi connectivity index (χ1) is 10.1. The van der Waals surface area contributed by atoms with Gasteiger partial charge in [-0.1, -0.05) is 13.8 Å². The fourth-order valence-corrected chi connectivity index (χ4v) is 1.73. The van der Waals surface area contributed by atoms with E-state index in [4.69, 9.17) is 4.74 Å². The molecule has 0 unspecified atom stereocenters. The number of hydrogen-bond donors (Lipinski definition) is 2. The number of nitrogens with one attached hydrogen (secondary N) is 2. The smallest absolute Gasteiger partial charge is 0.191 e. The molecule has 0 aromatic carbocycles. The van der Waals surface area contributed by atoms with Crippen molar-refractivity contribution < 1.29 is 4.74 Å². The molecule has 1 aromatic heterocycles. The molecule has 22 heavy (non-hydrogen) atoms. The molecule has 1 rings (SSSR count). The summed E-state index contributed by atoms with van der Waals surface area (Å²) < 4.78 is 7.37. The topological polar surface area (TPSA) is 63.5 Å². The molecule has 0 saturated heterocycles. The Bertz CT molecular complexity index is 420. The van der Waals surface area contributed by atoms with Gasteiger partial charge in [-0.3, -0.25) is 4.68 Å². The third kappa shape index (κ3) is 9.99. The standard InChI is InChI=1S/C15H29N5O.HI/c1-5-16-15(17-7-9-21-8-6-13(2)3)18-10-14-11-19-20(4)12-14;/h11-13H,5-10H2,1-4H3,(H2,16,17,18);1H. The van der Waals surface area contributed by atoms with Gasteiger partial charge in [-0.15, -0.1) is 24.0 Å². The number of rotatable bonds is 9. The second-order valence-electron chi connectivity index (χ2n) is 5.44. The molecule has 0 saturated carbocycles. The fraction of sp³-hybridized carbons (Fsp3) is 0.733. The SMILES string of the molecule is CCNC(=NCc1cnn(C)c1)NCCOCCC(C)C.I. The molecular weight excluding hydrogens is 393 g/mol. The molecular formula is C15H30IN5O. The molecule has 0 aliphatic carbocycles. The number of aromatic nitrogens is 2. The quantitative estimate of drug-likeness (QED) is 0.277. The summed E-state index contributed by atoms with van der Waals surface area (Å²) in [5, 5.41) is 10.6. The Balaban J connectivity index is 0.00000441. The van der Waals surface area contributed by atoms with Crippen LogP contribution in [0.3, 0.4) is 0 Å². The minimum atomic E-state index is 0. The van der Waals surface area contributed by atoms with Crippen molar-refractivity contribution in [2.24, 2.45) is 18.0 Å². The molecule has 128 valence electrons. The minimum Gasteiger partial charge on any atom is -0.380 e. The van der Waals surface area contributed by atoms with Crippen LogP contribution in [0.1, 0.15) is 32.8 Å². The lowest BCUT2D eigenvalue weighted by Gasteiger charge is -2.11. The molecule has 1 aromatic rings. The number of hydrogen-bond acceptors (Lipinski definition) is 3. The summed E-state index contributed by atoms with van der Waals surface area (Å²) in [5.74, 6) is 1.50. The molecule has 1 heterocycles. The van der Waals surface area contributed by atoms with Crippen molar-refractivity contribution in [3.8, 4) is 0 Å². The summed E-state index contributed by atoms with van der Waals surface area (Å²) in [6, 6.07) is 0. The highest BCUT2D eigenvalue weighted by atomic mass is 127. The van der Waals surface area contributed by atoms with E-state index in [1.165, 1.54) is 0 Å². The first-order valence-electron chi connectivity index (χ1n) is 7.69. The van der Waals surface area contributed by atoms with Gasteiger partial charge in [0.2, 0.25) is 0 Å². The maximum absolute atomic E-state index is 5.58. The van der Waals surface area contributed by atoms with Crippen molar-refractivity contribution in [1.29, 1.82) is 0 Å². The molecule has 6 nitrogen and oxygen atoms in total. The predicted molar refractivity (Wildman–Crippen MR) is 102 cm³/mol. The zero-order chi connectivity index (χ0) is 15.5. The summed E-state index contributed by atoms with van der Waals surface area (Å²) in [6.07, 6.45) is 4.92. The van der Waals surface area contributed by atoms with E-state index < -0.39 is 0 Å². The van der Waals surface area contributed by atoms with Gasteiger partial charge in [0, 0.05) is 38.5 Å². The van der Waals surface area contributed by atoms with Crippen LogP contribution in [0.15, 0.2) is 17.4 Å². The fourth-order valence-electron chi connectivity index (χ4n) is 1.73. The molecule has 0 fully saturated rings. The number of halogens is 1. The summed E-state index contributed by atoms with van der Waals surface area (Å²) in [7, 11) is 1.91. The number of nitrogens with zero attached hydrogens (tertiary/aromatic N) is 3. The second-order valence-corrected chi connectivity index (χ2v) is 5.44. The van der Waals surface area contributed by atoms with E-state index in [-0.39, 0.29) is 24.0 Å². The third-order valence-corrected chi connectivity index (χ3v) is 2.90. The van der Waals surface area contributed by atoms with E-state index in [2.05, 4.69) is 41.5 Å². The lowest BCUT2D eigenvalue weighted by atomic mass is 10.1. The lowest BCUT2D eigenvalue weighted by Crippen LogP contribution is -2.39.